The highest BCUT2D eigenvalue weighted by molar-refractivity contribution is 6.33. The van der Waals surface area contributed by atoms with E-state index < -0.39 is 17.8 Å². The van der Waals surface area contributed by atoms with E-state index in [0.29, 0.717) is 55.8 Å². The number of hydrogen-bond donors (Lipinski definition) is 5. The molecule has 1 aromatic carbocycles. The Balaban J connectivity index is 0.00000162. The second kappa shape index (κ2) is 16.0. The molecule has 51 heavy (non-hydrogen) atoms. The standard InChI is InChI=1S/C31H32ClF3N10O3.CH2O2/c32-23-13-18(1-3-21(23)30(48)43-9-5-19(6-10-43)29(47)44-11-7-37-8-12-44)14-40-28(46)27-39-16-24(41-27)22-17-45(42-26(22)31(33,34)35)25-4-2-20(36)15-38-25;2-1-3/h1-4,13,15-17,19,37H,5-12,14,36H2,(H,39,41)(H,40,46);1H,(H,2,3). The first-order chi connectivity index (χ1) is 24.4. The molecule has 19 heteroatoms. The van der Waals surface area contributed by atoms with Crippen LogP contribution < -0.4 is 16.4 Å². The van der Waals surface area contributed by atoms with Crippen LogP contribution in [0.1, 0.15) is 45.1 Å². The van der Waals surface area contributed by atoms with Crippen LogP contribution in [0.5, 0.6) is 0 Å². The SMILES string of the molecule is Nc1ccc(-n2cc(-c3cnc(C(=O)NCc4ccc(C(=O)N5CCC(C(=O)N6CCNCC6)CC5)c(Cl)c4)[nH]3)c(C(F)(F)F)n2)nc1.O=CO. The van der Waals surface area contributed by atoms with E-state index in [4.69, 9.17) is 27.2 Å². The van der Waals surface area contributed by atoms with Crippen molar-refractivity contribution < 1.29 is 37.5 Å². The average molecular weight is 731 g/mol. The van der Waals surface area contributed by atoms with Crippen molar-refractivity contribution in [2.24, 2.45) is 5.92 Å². The predicted octanol–water partition coefficient (Wildman–Crippen LogP) is 2.83. The van der Waals surface area contributed by atoms with Gasteiger partial charge in [-0.15, -0.1) is 0 Å². The Labute approximate surface area is 294 Å². The van der Waals surface area contributed by atoms with E-state index >= 15 is 0 Å². The fourth-order valence-corrected chi connectivity index (χ4v) is 6.04. The maximum atomic E-state index is 13.8. The predicted molar refractivity (Wildman–Crippen MR) is 178 cm³/mol. The molecule has 6 N–H and O–H groups in total. The Kier molecular flexibility index (Phi) is 11.6. The van der Waals surface area contributed by atoms with Crippen molar-refractivity contribution in [3.63, 3.8) is 0 Å². The van der Waals surface area contributed by atoms with Gasteiger partial charge in [0.2, 0.25) is 5.91 Å². The van der Waals surface area contributed by atoms with Gasteiger partial charge in [0.1, 0.15) is 0 Å². The van der Waals surface area contributed by atoms with E-state index in [1.807, 2.05) is 4.90 Å². The van der Waals surface area contributed by atoms with Gasteiger partial charge in [-0.25, -0.2) is 14.6 Å². The molecule has 3 amide bonds. The zero-order chi connectivity index (χ0) is 36.7. The molecule has 0 unspecified atom stereocenters. The number of nitrogens with zero attached hydrogens (tertiary/aromatic N) is 6. The number of aromatic amines is 1. The Hall–Kier alpha value is -5.49. The Morgan fingerprint density at radius 3 is 2.37 bits per heavy atom. The van der Waals surface area contributed by atoms with Gasteiger partial charge in [-0.2, -0.15) is 18.3 Å². The number of pyridine rings is 1. The van der Waals surface area contributed by atoms with Crippen molar-refractivity contribution in [3.05, 3.63) is 76.6 Å². The normalized spacial score (nSPS) is 15.1. The highest BCUT2D eigenvalue weighted by Crippen LogP contribution is 2.36. The van der Waals surface area contributed by atoms with E-state index in [-0.39, 0.29) is 58.7 Å². The van der Waals surface area contributed by atoms with Gasteiger partial charge in [0.15, 0.2) is 17.3 Å². The summed E-state index contributed by atoms with van der Waals surface area (Å²) < 4.78 is 42.5. The number of anilines is 1. The number of carboxylic acid groups (broad SMARTS) is 1. The molecule has 0 saturated carbocycles. The number of piperazine rings is 1. The summed E-state index contributed by atoms with van der Waals surface area (Å²) in [4.78, 5) is 61.5. The summed E-state index contributed by atoms with van der Waals surface area (Å²) in [5, 5.41) is 16.6. The third-order valence-corrected chi connectivity index (χ3v) is 8.66. The average Bonchev–Trinajstić information content (AvgIpc) is 3.80. The number of imidazole rings is 1. The molecule has 0 aliphatic carbocycles. The number of piperidine rings is 1. The minimum Gasteiger partial charge on any atom is -0.483 e. The fourth-order valence-electron chi connectivity index (χ4n) is 5.76. The lowest BCUT2D eigenvalue weighted by Crippen LogP contribution is -2.50. The number of aromatic nitrogens is 5. The second-order valence-electron chi connectivity index (χ2n) is 11.7. The van der Waals surface area contributed by atoms with E-state index in [9.17, 15) is 27.6 Å². The van der Waals surface area contributed by atoms with Crippen LogP contribution in [-0.2, 0) is 22.3 Å². The van der Waals surface area contributed by atoms with Crippen molar-refractivity contribution in [3.8, 4) is 17.1 Å². The van der Waals surface area contributed by atoms with Crippen molar-refractivity contribution in [2.45, 2.75) is 25.6 Å². The van der Waals surface area contributed by atoms with E-state index in [1.165, 1.54) is 18.3 Å². The smallest absolute Gasteiger partial charge is 0.435 e. The number of H-pyrrole nitrogens is 1. The van der Waals surface area contributed by atoms with Gasteiger partial charge in [0, 0.05) is 57.9 Å². The number of nitrogen functional groups attached to an aromatic ring is 1. The molecule has 2 aliphatic rings. The number of likely N-dealkylation sites (tertiary alicyclic amines) is 1. The summed E-state index contributed by atoms with van der Waals surface area (Å²) in [5.74, 6) is -0.958. The molecule has 0 atom stereocenters. The largest absolute Gasteiger partial charge is 0.483 e. The molecular weight excluding hydrogens is 697 g/mol. The monoisotopic (exact) mass is 730 g/mol. The minimum absolute atomic E-state index is 0.0110. The molecule has 0 spiro atoms. The summed E-state index contributed by atoms with van der Waals surface area (Å²) in [5.41, 5.74) is 5.28. The fraction of sp³-hybridized carbons (Fsp3) is 0.344. The summed E-state index contributed by atoms with van der Waals surface area (Å²) in [7, 11) is 0. The van der Waals surface area contributed by atoms with Crippen LogP contribution >= 0.6 is 11.6 Å². The summed E-state index contributed by atoms with van der Waals surface area (Å²) in [6.45, 7) is 3.63. The Bertz CT molecular complexity index is 1870. The van der Waals surface area contributed by atoms with Crippen molar-refractivity contribution in [2.75, 3.05) is 45.0 Å². The van der Waals surface area contributed by atoms with Gasteiger partial charge in [0.25, 0.3) is 18.3 Å². The molecule has 4 aromatic rings. The number of nitrogens with one attached hydrogen (secondary N) is 3. The van der Waals surface area contributed by atoms with Crippen LogP contribution in [0.3, 0.4) is 0 Å². The summed E-state index contributed by atoms with van der Waals surface area (Å²) in [6, 6.07) is 7.72. The number of halogens is 4. The molecule has 5 heterocycles. The van der Waals surface area contributed by atoms with Gasteiger partial charge in [-0.05, 0) is 42.7 Å². The molecule has 3 aromatic heterocycles. The van der Waals surface area contributed by atoms with Crippen molar-refractivity contribution >= 4 is 41.5 Å². The molecule has 0 bridgehead atoms. The summed E-state index contributed by atoms with van der Waals surface area (Å²) in [6.07, 6.45) is -0.0757. The molecule has 270 valence electrons. The lowest BCUT2D eigenvalue weighted by atomic mass is 9.94. The Morgan fingerprint density at radius 1 is 1.04 bits per heavy atom. The molecule has 0 radical (unpaired) electrons. The van der Waals surface area contributed by atoms with Crippen LogP contribution in [0.15, 0.2) is 48.9 Å². The number of carbonyl (C=O) groups is 4. The Morgan fingerprint density at radius 2 is 1.75 bits per heavy atom. The van der Waals surface area contributed by atoms with Gasteiger partial charge in [0.05, 0.1) is 39.9 Å². The first-order valence-electron chi connectivity index (χ1n) is 15.8. The third-order valence-electron chi connectivity index (χ3n) is 8.35. The van der Waals surface area contributed by atoms with E-state index in [1.54, 1.807) is 23.1 Å². The van der Waals surface area contributed by atoms with Crippen LogP contribution in [-0.4, -0.2) is 103 Å². The minimum atomic E-state index is -4.80. The maximum Gasteiger partial charge on any atom is 0.435 e. The third kappa shape index (κ3) is 8.82. The topological polar surface area (TPSA) is 204 Å². The molecular formula is C32H34ClF3N10O5. The second-order valence-corrected chi connectivity index (χ2v) is 12.1. The number of carbonyl (C=O) groups excluding carboxylic acids is 3. The zero-order valence-corrected chi connectivity index (χ0v) is 27.7. The van der Waals surface area contributed by atoms with E-state index in [2.05, 4.69) is 30.7 Å². The first kappa shape index (κ1) is 36.8. The van der Waals surface area contributed by atoms with Crippen molar-refractivity contribution in [1.82, 2.24) is 45.2 Å². The van der Waals surface area contributed by atoms with Crippen LogP contribution in [0.2, 0.25) is 5.02 Å². The van der Waals surface area contributed by atoms with Gasteiger partial charge in [-0.1, -0.05) is 17.7 Å². The maximum absolute atomic E-state index is 13.8. The summed E-state index contributed by atoms with van der Waals surface area (Å²) >= 11 is 6.48. The van der Waals surface area contributed by atoms with Gasteiger partial charge < -0.3 is 36.3 Å². The molecule has 2 aliphatic heterocycles. The lowest BCUT2D eigenvalue weighted by molar-refractivity contribution is -0.141. The molecule has 6 rings (SSSR count). The van der Waals surface area contributed by atoms with E-state index in [0.717, 1.165) is 30.2 Å². The highest BCUT2D eigenvalue weighted by Gasteiger charge is 2.38. The van der Waals surface area contributed by atoms with Gasteiger partial charge >= 0.3 is 6.18 Å². The number of hydrogen-bond acceptors (Lipinski definition) is 9. The quantitative estimate of drug-likeness (QED) is 0.176. The van der Waals surface area contributed by atoms with Gasteiger partial charge in [-0.3, -0.25) is 19.2 Å². The number of rotatable bonds is 7. The lowest BCUT2D eigenvalue weighted by Gasteiger charge is -2.35. The van der Waals surface area contributed by atoms with Crippen LogP contribution in [0.25, 0.3) is 17.1 Å². The highest BCUT2D eigenvalue weighted by atomic mass is 35.5. The number of nitrogens with two attached hydrogens (primary N) is 1. The molecule has 2 fully saturated rings. The van der Waals surface area contributed by atoms with Crippen LogP contribution in [0.4, 0.5) is 18.9 Å². The van der Waals surface area contributed by atoms with Crippen molar-refractivity contribution in [1.29, 1.82) is 0 Å². The molecule has 2 saturated heterocycles. The van der Waals surface area contributed by atoms with Crippen LogP contribution in [0, 0.1) is 5.92 Å². The number of amides is 3. The number of alkyl halides is 3. The first-order valence-corrected chi connectivity index (χ1v) is 16.1. The zero-order valence-electron chi connectivity index (χ0n) is 27.0. The number of benzene rings is 1. The molecule has 15 nitrogen and oxygen atoms in total.